The van der Waals surface area contributed by atoms with E-state index in [1.807, 2.05) is 31.2 Å². The van der Waals surface area contributed by atoms with Gasteiger partial charge in [0.1, 0.15) is 11.1 Å². The average Bonchev–Trinajstić information content (AvgIpc) is 3.04. The molecule has 6 heteroatoms. The van der Waals surface area contributed by atoms with E-state index in [-0.39, 0.29) is 11.2 Å². The quantitative estimate of drug-likeness (QED) is 0.582. The van der Waals surface area contributed by atoms with E-state index in [0.29, 0.717) is 10.6 Å². The zero-order valence-electron chi connectivity index (χ0n) is 15.9. The minimum atomic E-state index is -0.307. The van der Waals surface area contributed by atoms with Crippen LogP contribution in [0.4, 0.5) is 5.00 Å². The summed E-state index contributed by atoms with van der Waals surface area (Å²) in [7, 11) is 0. The minimum absolute atomic E-state index is 0.0901. The smallest absolute Gasteiger partial charge is 0.238 e. The number of anilines is 1. The van der Waals surface area contributed by atoms with E-state index in [9.17, 15) is 10.1 Å². The molecule has 2 heterocycles. The van der Waals surface area contributed by atoms with Crippen molar-refractivity contribution in [2.45, 2.75) is 49.8 Å². The van der Waals surface area contributed by atoms with Crippen molar-refractivity contribution in [3.63, 3.8) is 0 Å². The molecular formula is C22H21N3OS2. The van der Waals surface area contributed by atoms with Crippen LogP contribution in [0.25, 0.3) is 10.9 Å². The zero-order valence-corrected chi connectivity index (χ0v) is 17.5. The van der Waals surface area contributed by atoms with Crippen LogP contribution in [0.5, 0.6) is 0 Å². The summed E-state index contributed by atoms with van der Waals surface area (Å²) in [6.07, 6.45) is 4.22. The first-order chi connectivity index (χ1) is 13.6. The van der Waals surface area contributed by atoms with Gasteiger partial charge in [0.2, 0.25) is 5.91 Å². The van der Waals surface area contributed by atoms with E-state index in [4.69, 9.17) is 0 Å². The van der Waals surface area contributed by atoms with Crippen LogP contribution in [-0.4, -0.2) is 16.1 Å². The molecule has 0 spiro atoms. The Labute approximate surface area is 173 Å². The second-order valence-corrected chi connectivity index (χ2v) is 9.54. The number of carbonyl (C=O) groups excluding carboxylic acids is 1. The Hall–Kier alpha value is -2.36. The molecule has 0 bridgehead atoms. The number of para-hydroxylation sites is 1. The Balaban J connectivity index is 1.52. The first-order valence-electron chi connectivity index (χ1n) is 9.45. The minimum Gasteiger partial charge on any atom is -0.316 e. The Morgan fingerprint density at radius 1 is 1.32 bits per heavy atom. The number of fused-ring (bicyclic) bond motifs is 2. The number of carbonyl (C=O) groups is 1. The number of benzene rings is 1. The topological polar surface area (TPSA) is 65.8 Å². The van der Waals surface area contributed by atoms with Crippen molar-refractivity contribution in [2.75, 3.05) is 5.32 Å². The lowest BCUT2D eigenvalue weighted by molar-refractivity contribution is -0.115. The van der Waals surface area contributed by atoms with Crippen LogP contribution < -0.4 is 5.32 Å². The maximum atomic E-state index is 12.8. The van der Waals surface area contributed by atoms with Gasteiger partial charge in [0.05, 0.1) is 21.4 Å². The largest absolute Gasteiger partial charge is 0.316 e. The molecule has 4 nitrogen and oxygen atoms in total. The van der Waals surface area contributed by atoms with Gasteiger partial charge < -0.3 is 5.32 Å². The molecular weight excluding hydrogens is 386 g/mol. The number of rotatable bonds is 4. The number of aromatic nitrogens is 1. The maximum absolute atomic E-state index is 12.8. The predicted octanol–water partition coefficient (Wildman–Crippen LogP) is 5.47. The number of nitrogens with one attached hydrogen (secondary N) is 1. The number of thiophene rings is 1. The lowest BCUT2D eigenvalue weighted by atomic mass is 9.96. The molecule has 1 aromatic carbocycles. The summed E-state index contributed by atoms with van der Waals surface area (Å²) in [5.41, 5.74) is 3.89. The molecule has 2 aromatic heterocycles. The van der Waals surface area contributed by atoms with Crippen molar-refractivity contribution < 1.29 is 4.79 Å². The highest BCUT2D eigenvalue weighted by Crippen LogP contribution is 2.38. The van der Waals surface area contributed by atoms with E-state index in [2.05, 4.69) is 29.4 Å². The fraction of sp³-hybridized carbons (Fsp3) is 0.318. The third kappa shape index (κ3) is 3.65. The third-order valence-corrected chi connectivity index (χ3v) is 7.31. The summed E-state index contributed by atoms with van der Waals surface area (Å²) >= 11 is 3.01. The van der Waals surface area contributed by atoms with Gasteiger partial charge in [-0.2, -0.15) is 5.26 Å². The number of hydrogen-bond donors (Lipinski definition) is 1. The van der Waals surface area contributed by atoms with Gasteiger partial charge in [0.25, 0.3) is 0 Å². The fourth-order valence-electron chi connectivity index (χ4n) is 3.60. The monoisotopic (exact) mass is 407 g/mol. The normalized spacial score (nSPS) is 14.3. The summed E-state index contributed by atoms with van der Waals surface area (Å²) < 4.78 is 0. The molecule has 1 N–H and O–H groups in total. The van der Waals surface area contributed by atoms with E-state index < -0.39 is 0 Å². The summed E-state index contributed by atoms with van der Waals surface area (Å²) in [5, 5.41) is 14.9. The van der Waals surface area contributed by atoms with Gasteiger partial charge >= 0.3 is 0 Å². The Bertz CT molecular complexity index is 1100. The highest BCUT2D eigenvalue weighted by molar-refractivity contribution is 8.00. The molecule has 0 saturated carbocycles. The molecule has 28 heavy (non-hydrogen) atoms. The standard InChI is InChI=1S/C22H21N3OS2/c1-13-11-20(24-18-9-5-3-7-15(13)18)27-14(2)21(26)25-22-17(12-23)16-8-4-6-10-19(16)28-22/h3,5,7,9,11,14H,4,6,8,10H2,1-2H3,(H,25,26). The van der Waals surface area contributed by atoms with Crippen LogP contribution in [0.15, 0.2) is 35.4 Å². The second kappa shape index (κ2) is 7.94. The summed E-state index contributed by atoms with van der Waals surface area (Å²) in [6, 6.07) is 12.4. The van der Waals surface area contributed by atoms with Crippen LogP contribution in [0, 0.1) is 18.3 Å². The van der Waals surface area contributed by atoms with Crippen molar-refractivity contribution in [2.24, 2.45) is 0 Å². The first kappa shape index (κ1) is 19.0. The van der Waals surface area contributed by atoms with E-state index in [1.54, 1.807) is 11.3 Å². The van der Waals surface area contributed by atoms with Crippen LogP contribution >= 0.6 is 23.1 Å². The van der Waals surface area contributed by atoms with E-state index >= 15 is 0 Å². The van der Waals surface area contributed by atoms with Crippen molar-refractivity contribution in [3.8, 4) is 6.07 Å². The summed E-state index contributed by atoms with van der Waals surface area (Å²) in [6.45, 7) is 3.94. The molecule has 0 saturated heterocycles. The number of nitrogens with zero attached hydrogens (tertiary/aromatic N) is 2. The lowest BCUT2D eigenvalue weighted by Gasteiger charge is -2.12. The summed E-state index contributed by atoms with van der Waals surface area (Å²) in [4.78, 5) is 18.7. The van der Waals surface area contributed by atoms with Crippen LogP contribution in [0.2, 0.25) is 0 Å². The second-order valence-electron chi connectivity index (χ2n) is 7.07. The van der Waals surface area contributed by atoms with Crippen molar-refractivity contribution in [3.05, 3.63) is 51.9 Å². The van der Waals surface area contributed by atoms with Crippen molar-refractivity contribution in [1.29, 1.82) is 5.26 Å². The van der Waals surface area contributed by atoms with Gasteiger partial charge in [-0.1, -0.05) is 30.0 Å². The molecule has 4 rings (SSSR count). The van der Waals surface area contributed by atoms with Gasteiger partial charge in [-0.15, -0.1) is 11.3 Å². The SMILES string of the molecule is Cc1cc(SC(C)C(=O)Nc2sc3c(c2C#N)CCCC3)nc2ccccc12. The van der Waals surface area contributed by atoms with Gasteiger partial charge in [0, 0.05) is 10.3 Å². The van der Waals surface area contributed by atoms with Gasteiger partial charge in [0.15, 0.2) is 0 Å². The van der Waals surface area contributed by atoms with Crippen molar-refractivity contribution in [1.82, 2.24) is 4.98 Å². The van der Waals surface area contributed by atoms with Crippen LogP contribution in [-0.2, 0) is 17.6 Å². The van der Waals surface area contributed by atoms with E-state index in [1.165, 1.54) is 16.6 Å². The van der Waals surface area contributed by atoms with Gasteiger partial charge in [-0.25, -0.2) is 4.98 Å². The first-order valence-corrected chi connectivity index (χ1v) is 11.1. The number of hydrogen-bond acceptors (Lipinski definition) is 5. The summed E-state index contributed by atoms with van der Waals surface area (Å²) in [5.74, 6) is -0.0901. The predicted molar refractivity (Wildman–Crippen MR) is 116 cm³/mol. The third-order valence-electron chi connectivity index (χ3n) is 5.09. The fourth-order valence-corrected chi connectivity index (χ4v) is 5.77. The molecule has 1 aliphatic rings. The van der Waals surface area contributed by atoms with E-state index in [0.717, 1.165) is 52.7 Å². The van der Waals surface area contributed by atoms with Gasteiger partial charge in [-0.05, 0) is 62.8 Å². The highest BCUT2D eigenvalue weighted by Gasteiger charge is 2.24. The van der Waals surface area contributed by atoms with Crippen molar-refractivity contribution >= 4 is 44.9 Å². The Morgan fingerprint density at radius 3 is 2.93 bits per heavy atom. The molecule has 0 radical (unpaired) electrons. The number of nitriles is 1. The molecule has 1 unspecified atom stereocenters. The molecule has 3 aromatic rings. The number of thioether (sulfide) groups is 1. The number of aryl methyl sites for hydroxylation is 2. The lowest BCUT2D eigenvalue weighted by Crippen LogP contribution is -2.22. The highest BCUT2D eigenvalue weighted by atomic mass is 32.2. The molecule has 1 atom stereocenters. The van der Waals surface area contributed by atoms with Crippen LogP contribution in [0.1, 0.15) is 41.3 Å². The van der Waals surface area contributed by atoms with Gasteiger partial charge in [-0.3, -0.25) is 4.79 Å². The molecule has 1 aliphatic carbocycles. The Kier molecular flexibility index (Phi) is 5.38. The van der Waals surface area contributed by atoms with Crippen LogP contribution in [0.3, 0.4) is 0 Å². The molecule has 142 valence electrons. The number of pyridine rings is 1. The molecule has 1 amide bonds. The Morgan fingerprint density at radius 2 is 2.11 bits per heavy atom. The maximum Gasteiger partial charge on any atom is 0.238 e. The molecule has 0 aliphatic heterocycles. The zero-order chi connectivity index (χ0) is 19.7. The number of amides is 1. The molecule has 0 fully saturated rings. The average molecular weight is 408 g/mol.